The van der Waals surface area contributed by atoms with E-state index in [0.717, 1.165) is 45.0 Å². The van der Waals surface area contributed by atoms with Gasteiger partial charge in [-0.05, 0) is 25.5 Å². The number of carbonyl (C=O) groups is 1. The molecule has 1 aromatic carbocycles. The molecule has 4 bridgehead atoms. The highest BCUT2D eigenvalue weighted by Crippen LogP contribution is 2.43. The summed E-state index contributed by atoms with van der Waals surface area (Å²) in [5, 5.41) is 3.37. The Bertz CT molecular complexity index is 1000. The molecule has 4 saturated heterocycles. The monoisotopic (exact) mass is 407 g/mol. The highest BCUT2D eigenvalue weighted by atomic mass is 16.2. The van der Waals surface area contributed by atoms with Crippen molar-refractivity contribution in [1.29, 1.82) is 0 Å². The summed E-state index contributed by atoms with van der Waals surface area (Å²) in [6.07, 6.45) is 0. The number of aryl methyl sites for hydroxylation is 2. The van der Waals surface area contributed by atoms with Gasteiger partial charge in [-0.25, -0.2) is 4.79 Å². The van der Waals surface area contributed by atoms with E-state index in [4.69, 9.17) is 0 Å². The Morgan fingerprint density at radius 1 is 1.13 bits per heavy atom. The zero-order chi connectivity index (χ0) is 20.9. The average molecular weight is 408 g/mol. The Hall–Kier alpha value is -2.51. The number of hydrogen-bond donors (Lipinski definition) is 1. The average Bonchev–Trinajstić information content (AvgIpc) is 2.96. The number of aromatic nitrogens is 2. The number of rotatable bonds is 4. The molecule has 30 heavy (non-hydrogen) atoms. The molecule has 5 heterocycles. The van der Waals surface area contributed by atoms with Crippen LogP contribution < -0.4 is 11.0 Å². The van der Waals surface area contributed by atoms with Crippen LogP contribution in [0.1, 0.15) is 17.0 Å². The third kappa shape index (κ3) is 3.26. The molecular weight excluding hydrogens is 378 g/mol. The quantitative estimate of drug-likeness (QED) is 0.801. The molecular formula is C23H29N5O2. The predicted octanol–water partition coefficient (Wildman–Crippen LogP) is 0.544. The largest absolute Gasteiger partial charge is 0.350 e. The van der Waals surface area contributed by atoms with Gasteiger partial charge in [0.2, 0.25) is 5.91 Å². The van der Waals surface area contributed by atoms with E-state index in [9.17, 15) is 9.59 Å². The summed E-state index contributed by atoms with van der Waals surface area (Å²) < 4.78 is 1.47. The normalized spacial score (nSPS) is 32.1. The van der Waals surface area contributed by atoms with Crippen molar-refractivity contribution in [2.75, 3.05) is 39.3 Å². The lowest BCUT2D eigenvalue weighted by Gasteiger charge is -2.55. The van der Waals surface area contributed by atoms with Gasteiger partial charge in [-0.15, -0.1) is 0 Å². The lowest BCUT2D eigenvalue weighted by atomic mass is 9.64. The van der Waals surface area contributed by atoms with Crippen molar-refractivity contribution in [2.24, 2.45) is 5.92 Å². The molecule has 158 valence electrons. The number of hydrogen-bond acceptors (Lipinski definition) is 5. The van der Waals surface area contributed by atoms with Crippen molar-refractivity contribution in [3.8, 4) is 0 Å². The number of carbonyl (C=O) groups excluding carboxylic acids is 1. The molecule has 6 rings (SSSR count). The van der Waals surface area contributed by atoms with E-state index >= 15 is 0 Å². The molecule has 3 atom stereocenters. The van der Waals surface area contributed by atoms with E-state index in [0.29, 0.717) is 11.6 Å². The highest BCUT2D eigenvalue weighted by molar-refractivity contribution is 5.76. The minimum Gasteiger partial charge on any atom is -0.350 e. The van der Waals surface area contributed by atoms with E-state index in [1.54, 1.807) is 6.92 Å². The smallest absolute Gasteiger partial charge is 0.348 e. The molecule has 4 fully saturated rings. The van der Waals surface area contributed by atoms with Crippen LogP contribution in [0.5, 0.6) is 0 Å². The van der Waals surface area contributed by atoms with Gasteiger partial charge < -0.3 is 15.1 Å². The fourth-order valence-corrected chi connectivity index (χ4v) is 5.90. The zero-order valence-corrected chi connectivity index (χ0v) is 17.7. The first kappa shape index (κ1) is 19.5. The minimum absolute atomic E-state index is 0.0134. The second-order valence-corrected chi connectivity index (χ2v) is 9.21. The zero-order valence-electron chi connectivity index (χ0n) is 17.7. The summed E-state index contributed by atoms with van der Waals surface area (Å²) >= 11 is 0. The van der Waals surface area contributed by atoms with E-state index in [1.165, 1.54) is 10.1 Å². The molecule has 0 saturated carbocycles. The molecule has 0 spiro atoms. The first-order chi connectivity index (χ1) is 14.4. The summed E-state index contributed by atoms with van der Waals surface area (Å²) in [4.78, 5) is 34.6. The van der Waals surface area contributed by atoms with Gasteiger partial charge in [0.15, 0.2) is 0 Å². The standard InChI is InChI=1S/C23H29N5O2/c1-16-10-17(2)28(22(30)24-16)13-20(29)25-21-18-11-26-8-9-27(12-18)15-23(21,14-26)19-6-4-3-5-7-19/h3-7,10,18,21H,8-9,11-15H2,1-2H3,(H,25,29)/t18?,21-,23?/m1/s1. The first-order valence-electron chi connectivity index (χ1n) is 10.8. The molecule has 2 aromatic rings. The van der Waals surface area contributed by atoms with Crippen LogP contribution in [-0.4, -0.2) is 70.6 Å². The van der Waals surface area contributed by atoms with Gasteiger partial charge in [0.25, 0.3) is 0 Å². The van der Waals surface area contributed by atoms with Gasteiger partial charge in [-0.1, -0.05) is 30.3 Å². The highest BCUT2D eigenvalue weighted by Gasteiger charge is 2.55. The predicted molar refractivity (Wildman–Crippen MR) is 114 cm³/mol. The van der Waals surface area contributed by atoms with Crippen LogP contribution in [0.4, 0.5) is 0 Å². The molecule has 0 radical (unpaired) electrons. The Labute approximate surface area is 176 Å². The molecule has 1 N–H and O–H groups in total. The third-order valence-electron chi connectivity index (χ3n) is 7.11. The summed E-state index contributed by atoms with van der Waals surface area (Å²) in [6.45, 7) is 9.79. The third-order valence-corrected chi connectivity index (χ3v) is 7.11. The number of piperidine rings is 2. The van der Waals surface area contributed by atoms with Crippen LogP contribution in [-0.2, 0) is 16.8 Å². The van der Waals surface area contributed by atoms with Crippen molar-refractivity contribution in [3.05, 3.63) is 63.8 Å². The number of amides is 1. The maximum atomic E-state index is 13.1. The second-order valence-electron chi connectivity index (χ2n) is 9.21. The van der Waals surface area contributed by atoms with Crippen molar-refractivity contribution < 1.29 is 4.79 Å². The fourth-order valence-electron chi connectivity index (χ4n) is 5.90. The summed E-state index contributed by atoms with van der Waals surface area (Å²) in [5.74, 6) is 0.274. The van der Waals surface area contributed by atoms with Crippen molar-refractivity contribution >= 4 is 5.91 Å². The SMILES string of the molecule is Cc1cc(C)n(CC(=O)N[C@@H]2C3CN4CCN(C3)CC2(c2ccccc2)C4)c(=O)n1. The Morgan fingerprint density at radius 3 is 2.43 bits per heavy atom. The van der Waals surface area contributed by atoms with E-state index in [1.807, 2.05) is 19.1 Å². The molecule has 7 heteroatoms. The van der Waals surface area contributed by atoms with Crippen LogP contribution in [0.2, 0.25) is 0 Å². The number of nitrogens with zero attached hydrogens (tertiary/aromatic N) is 4. The molecule has 4 aliphatic heterocycles. The van der Waals surface area contributed by atoms with Gasteiger partial charge >= 0.3 is 5.69 Å². The van der Waals surface area contributed by atoms with Crippen LogP contribution >= 0.6 is 0 Å². The van der Waals surface area contributed by atoms with Crippen molar-refractivity contribution in [1.82, 2.24) is 24.7 Å². The molecule has 1 aromatic heterocycles. The number of benzene rings is 1. The Morgan fingerprint density at radius 2 is 1.80 bits per heavy atom. The van der Waals surface area contributed by atoms with Gasteiger partial charge in [-0.3, -0.25) is 9.36 Å². The lowest BCUT2D eigenvalue weighted by molar-refractivity contribution is -0.125. The topological polar surface area (TPSA) is 70.5 Å². The van der Waals surface area contributed by atoms with Gasteiger partial charge in [0.05, 0.1) is 0 Å². The van der Waals surface area contributed by atoms with Crippen molar-refractivity contribution in [2.45, 2.75) is 31.8 Å². The number of nitrogens with one attached hydrogen (secondary N) is 1. The van der Waals surface area contributed by atoms with Gasteiger partial charge in [-0.2, -0.15) is 4.98 Å². The summed E-state index contributed by atoms with van der Waals surface area (Å²) in [6, 6.07) is 12.5. The lowest BCUT2D eigenvalue weighted by Crippen LogP contribution is -2.70. The minimum atomic E-state index is -0.362. The van der Waals surface area contributed by atoms with E-state index in [-0.39, 0.29) is 29.6 Å². The summed E-state index contributed by atoms with van der Waals surface area (Å²) in [5.41, 5.74) is 2.25. The second kappa shape index (κ2) is 7.32. The molecule has 2 unspecified atom stereocenters. The maximum absolute atomic E-state index is 13.1. The number of fused-ring (bicyclic) bond motifs is 1. The molecule has 0 aliphatic carbocycles. The molecule has 7 nitrogen and oxygen atoms in total. The maximum Gasteiger partial charge on any atom is 0.348 e. The first-order valence-corrected chi connectivity index (χ1v) is 10.8. The summed E-state index contributed by atoms with van der Waals surface area (Å²) in [7, 11) is 0. The van der Waals surface area contributed by atoms with Gasteiger partial charge in [0, 0.05) is 68.0 Å². The van der Waals surface area contributed by atoms with Crippen LogP contribution in [0.3, 0.4) is 0 Å². The molecule has 1 amide bonds. The van der Waals surface area contributed by atoms with E-state index in [2.05, 4.69) is 44.4 Å². The molecule has 4 aliphatic rings. The van der Waals surface area contributed by atoms with Crippen molar-refractivity contribution in [3.63, 3.8) is 0 Å². The van der Waals surface area contributed by atoms with Crippen LogP contribution in [0, 0.1) is 19.8 Å². The van der Waals surface area contributed by atoms with Crippen LogP contribution in [0.25, 0.3) is 0 Å². The fraction of sp³-hybridized carbons (Fsp3) is 0.522. The van der Waals surface area contributed by atoms with Gasteiger partial charge in [0.1, 0.15) is 6.54 Å². The van der Waals surface area contributed by atoms with Crippen LogP contribution in [0.15, 0.2) is 41.2 Å². The Balaban J connectivity index is 1.46. The Kier molecular flexibility index (Phi) is 4.75. The van der Waals surface area contributed by atoms with E-state index < -0.39 is 0 Å².